The quantitative estimate of drug-likeness (QED) is 0.300. The van der Waals surface area contributed by atoms with E-state index in [0.29, 0.717) is 12.2 Å². The second-order valence-electron chi connectivity index (χ2n) is 6.23. The lowest BCUT2D eigenvalue weighted by Gasteiger charge is -2.14. The number of benzene rings is 2. The number of rotatable bonds is 7. The lowest BCUT2D eigenvalue weighted by atomic mass is 10.1. The van der Waals surface area contributed by atoms with Gasteiger partial charge in [0.2, 0.25) is 0 Å². The van der Waals surface area contributed by atoms with Gasteiger partial charge >= 0.3 is 6.09 Å². The maximum Gasteiger partial charge on any atom is 0.411 e. The molecule has 2 aromatic carbocycles. The second-order valence-corrected chi connectivity index (χ2v) is 6.23. The van der Waals surface area contributed by atoms with E-state index < -0.39 is 6.09 Å². The number of hydrogen-bond donors (Lipinski definition) is 3. The van der Waals surface area contributed by atoms with E-state index in [2.05, 4.69) is 38.7 Å². The van der Waals surface area contributed by atoms with Crippen LogP contribution in [-0.4, -0.2) is 39.9 Å². The van der Waals surface area contributed by atoms with Crippen LogP contribution in [0, 0.1) is 6.92 Å². The molecule has 0 saturated carbocycles. The van der Waals surface area contributed by atoms with E-state index in [9.17, 15) is 4.79 Å². The van der Waals surface area contributed by atoms with E-state index in [1.807, 2.05) is 36.4 Å². The van der Waals surface area contributed by atoms with Gasteiger partial charge in [-0.1, -0.05) is 29.8 Å². The molecule has 0 unspecified atom stereocenters. The molecule has 1 amide bonds. The summed E-state index contributed by atoms with van der Waals surface area (Å²) in [5, 5.41) is 9.22. The van der Waals surface area contributed by atoms with E-state index in [1.54, 1.807) is 14.2 Å². The Hall–Kier alpha value is -2.49. The number of carbonyl (C=O) groups excluding carboxylic acids is 1. The lowest BCUT2D eigenvalue weighted by molar-refractivity contribution is 0.187. The fourth-order valence-electron chi connectivity index (χ4n) is 2.70. The van der Waals surface area contributed by atoms with Crippen LogP contribution < -0.4 is 20.7 Å². The number of aliphatic imine (C=N–C) groups is 1. The summed E-state index contributed by atoms with van der Waals surface area (Å²) in [5.41, 5.74) is 4.13. The van der Waals surface area contributed by atoms with Crippen LogP contribution in [0.2, 0.25) is 0 Å². The van der Waals surface area contributed by atoms with E-state index in [1.165, 1.54) is 18.2 Å². The highest BCUT2D eigenvalue weighted by Gasteiger charge is 2.05. The highest BCUT2D eigenvalue weighted by Crippen LogP contribution is 2.19. The predicted octanol–water partition coefficient (Wildman–Crippen LogP) is 3.71. The highest BCUT2D eigenvalue weighted by molar-refractivity contribution is 14.0. The average Bonchev–Trinajstić information content (AvgIpc) is 2.71. The SMILES string of the molecule is CN=C(NCCc1cc(C)ccc1OC)NCc1ccc(NC(=O)OC)cc1.I. The Bertz CT molecular complexity index is 810. The Morgan fingerprint density at radius 3 is 2.41 bits per heavy atom. The molecule has 3 N–H and O–H groups in total. The number of anilines is 1. The molecule has 158 valence electrons. The first-order chi connectivity index (χ1) is 13.5. The molecule has 0 aliphatic heterocycles. The molecular weight excluding hydrogens is 483 g/mol. The maximum atomic E-state index is 11.2. The monoisotopic (exact) mass is 512 g/mol. The van der Waals surface area contributed by atoms with E-state index in [4.69, 9.17) is 4.74 Å². The van der Waals surface area contributed by atoms with Crippen molar-refractivity contribution < 1.29 is 14.3 Å². The summed E-state index contributed by atoms with van der Waals surface area (Å²) >= 11 is 0. The van der Waals surface area contributed by atoms with Crippen LogP contribution in [-0.2, 0) is 17.7 Å². The summed E-state index contributed by atoms with van der Waals surface area (Å²) in [7, 11) is 4.77. The minimum Gasteiger partial charge on any atom is -0.496 e. The van der Waals surface area contributed by atoms with Crippen LogP contribution in [0.25, 0.3) is 0 Å². The summed E-state index contributed by atoms with van der Waals surface area (Å²) in [6.07, 6.45) is 0.347. The van der Waals surface area contributed by atoms with Gasteiger partial charge in [-0.3, -0.25) is 10.3 Å². The van der Waals surface area contributed by atoms with Crippen LogP contribution in [0.15, 0.2) is 47.5 Å². The molecule has 0 atom stereocenters. The zero-order chi connectivity index (χ0) is 20.4. The van der Waals surface area contributed by atoms with Crippen molar-refractivity contribution in [3.63, 3.8) is 0 Å². The van der Waals surface area contributed by atoms with Crippen LogP contribution >= 0.6 is 24.0 Å². The normalized spacial score (nSPS) is 10.6. The van der Waals surface area contributed by atoms with Gasteiger partial charge in [0.15, 0.2) is 5.96 Å². The lowest BCUT2D eigenvalue weighted by Crippen LogP contribution is -2.37. The molecule has 2 aromatic rings. The minimum atomic E-state index is -0.485. The number of ether oxygens (including phenoxy) is 2. The number of nitrogens with zero attached hydrogens (tertiary/aromatic N) is 1. The third kappa shape index (κ3) is 8.18. The van der Waals surface area contributed by atoms with E-state index in [-0.39, 0.29) is 24.0 Å². The zero-order valence-electron chi connectivity index (χ0n) is 17.2. The molecule has 8 heteroatoms. The number of nitrogens with one attached hydrogen (secondary N) is 3. The van der Waals surface area contributed by atoms with Crippen LogP contribution in [0.5, 0.6) is 5.75 Å². The average molecular weight is 512 g/mol. The van der Waals surface area contributed by atoms with Crippen molar-refractivity contribution in [2.24, 2.45) is 4.99 Å². The molecule has 0 heterocycles. The van der Waals surface area contributed by atoms with Crippen molar-refractivity contribution in [2.75, 3.05) is 33.1 Å². The topological polar surface area (TPSA) is 84.0 Å². The Morgan fingerprint density at radius 1 is 1.07 bits per heavy atom. The Morgan fingerprint density at radius 2 is 1.79 bits per heavy atom. The number of halogens is 1. The highest BCUT2D eigenvalue weighted by atomic mass is 127. The largest absolute Gasteiger partial charge is 0.496 e. The first-order valence-electron chi connectivity index (χ1n) is 9.07. The molecule has 0 aliphatic rings. The molecule has 0 saturated heterocycles. The fraction of sp³-hybridized carbons (Fsp3) is 0.333. The molecule has 0 aromatic heterocycles. The van der Waals surface area contributed by atoms with Crippen LogP contribution in [0.3, 0.4) is 0 Å². The number of hydrogen-bond acceptors (Lipinski definition) is 4. The van der Waals surface area contributed by atoms with Gasteiger partial charge in [0.25, 0.3) is 0 Å². The summed E-state index contributed by atoms with van der Waals surface area (Å²) < 4.78 is 10.00. The van der Waals surface area contributed by atoms with Crippen molar-refractivity contribution in [3.05, 3.63) is 59.2 Å². The van der Waals surface area contributed by atoms with E-state index >= 15 is 0 Å². The summed E-state index contributed by atoms with van der Waals surface area (Å²) in [6.45, 7) is 3.43. The zero-order valence-corrected chi connectivity index (χ0v) is 19.6. The van der Waals surface area contributed by atoms with Gasteiger partial charge in [0, 0.05) is 25.8 Å². The first-order valence-corrected chi connectivity index (χ1v) is 9.07. The molecule has 7 nitrogen and oxygen atoms in total. The Balaban J connectivity index is 0.00000420. The third-order valence-corrected chi connectivity index (χ3v) is 4.19. The van der Waals surface area contributed by atoms with Crippen LogP contribution in [0.4, 0.5) is 10.5 Å². The smallest absolute Gasteiger partial charge is 0.411 e. The van der Waals surface area contributed by atoms with Gasteiger partial charge in [-0.25, -0.2) is 4.79 Å². The number of carbonyl (C=O) groups is 1. The van der Waals surface area contributed by atoms with Crippen molar-refractivity contribution in [1.29, 1.82) is 0 Å². The third-order valence-electron chi connectivity index (χ3n) is 4.19. The maximum absolute atomic E-state index is 11.2. The van der Waals surface area contributed by atoms with Gasteiger partial charge in [0.1, 0.15) is 5.75 Å². The molecule has 0 bridgehead atoms. The van der Waals surface area contributed by atoms with Gasteiger partial charge in [-0.15, -0.1) is 24.0 Å². The number of aryl methyl sites for hydroxylation is 1. The first kappa shape index (κ1) is 24.5. The standard InChI is InChI=1S/C21H28N4O3.HI/c1-15-5-10-19(27-3)17(13-15)11-12-23-20(22-2)24-14-16-6-8-18(9-7-16)25-21(26)28-4;/h5-10,13H,11-12,14H2,1-4H3,(H,25,26)(H2,22,23,24);1H. The number of methoxy groups -OCH3 is 2. The molecule has 0 radical (unpaired) electrons. The molecular formula is C21H29IN4O3. The predicted molar refractivity (Wildman–Crippen MR) is 128 cm³/mol. The van der Waals surface area contributed by atoms with Gasteiger partial charge in [0.05, 0.1) is 14.2 Å². The number of guanidine groups is 1. The molecule has 29 heavy (non-hydrogen) atoms. The van der Waals surface area contributed by atoms with Gasteiger partial charge in [-0.05, 0) is 42.7 Å². The summed E-state index contributed by atoms with van der Waals surface area (Å²) in [5.74, 6) is 1.62. The van der Waals surface area contributed by atoms with Gasteiger partial charge < -0.3 is 20.1 Å². The van der Waals surface area contributed by atoms with Crippen LogP contribution in [0.1, 0.15) is 16.7 Å². The number of amides is 1. The summed E-state index contributed by atoms with van der Waals surface area (Å²) in [6, 6.07) is 13.7. The van der Waals surface area contributed by atoms with Crippen molar-refractivity contribution in [2.45, 2.75) is 19.9 Å². The Labute approximate surface area is 189 Å². The minimum absolute atomic E-state index is 0. The molecule has 0 spiro atoms. The van der Waals surface area contributed by atoms with Crippen molar-refractivity contribution in [3.8, 4) is 5.75 Å². The van der Waals surface area contributed by atoms with Crippen molar-refractivity contribution in [1.82, 2.24) is 10.6 Å². The summed E-state index contributed by atoms with van der Waals surface area (Å²) in [4.78, 5) is 15.5. The fourth-order valence-corrected chi connectivity index (χ4v) is 2.70. The molecule has 2 rings (SSSR count). The van der Waals surface area contributed by atoms with Gasteiger partial charge in [-0.2, -0.15) is 0 Å². The molecule has 0 fully saturated rings. The second kappa shape index (κ2) is 12.9. The van der Waals surface area contributed by atoms with Crippen molar-refractivity contribution >= 4 is 41.7 Å². The Kier molecular flexibility index (Phi) is 10.9. The molecule has 0 aliphatic carbocycles. The van der Waals surface area contributed by atoms with E-state index in [0.717, 1.165) is 30.2 Å².